The second-order valence-corrected chi connectivity index (χ2v) is 6.47. The van der Waals surface area contributed by atoms with Crippen LogP contribution in [0.25, 0.3) is 0 Å². The molecular formula is C15H21BrIN. The molecule has 18 heavy (non-hydrogen) atoms. The summed E-state index contributed by atoms with van der Waals surface area (Å²) in [6.07, 6.45) is 6.62. The Kier molecular flexibility index (Phi) is 8.18. The van der Waals surface area contributed by atoms with Crippen molar-refractivity contribution in [1.82, 2.24) is 5.32 Å². The molecule has 0 aliphatic rings. The number of benzene rings is 1. The molecule has 1 nitrogen and oxygen atoms in total. The van der Waals surface area contributed by atoms with Crippen LogP contribution in [0.5, 0.6) is 0 Å². The van der Waals surface area contributed by atoms with E-state index in [0.29, 0.717) is 6.04 Å². The summed E-state index contributed by atoms with van der Waals surface area (Å²) in [5.41, 5.74) is 1.41. The summed E-state index contributed by atoms with van der Waals surface area (Å²) in [6.45, 7) is 7.07. The van der Waals surface area contributed by atoms with Gasteiger partial charge in [0.15, 0.2) is 0 Å². The normalized spacial score (nSPS) is 12.4. The van der Waals surface area contributed by atoms with Crippen molar-refractivity contribution in [2.24, 2.45) is 0 Å². The van der Waals surface area contributed by atoms with E-state index in [1.807, 2.05) is 6.08 Å². The van der Waals surface area contributed by atoms with Crippen LogP contribution in [-0.2, 0) is 0 Å². The first-order valence-electron chi connectivity index (χ1n) is 6.48. The van der Waals surface area contributed by atoms with Crippen LogP contribution in [0.1, 0.15) is 44.2 Å². The third-order valence-electron chi connectivity index (χ3n) is 2.88. The average Bonchev–Trinajstić information content (AvgIpc) is 2.37. The molecule has 0 radical (unpaired) electrons. The van der Waals surface area contributed by atoms with Gasteiger partial charge < -0.3 is 5.32 Å². The minimum Gasteiger partial charge on any atom is -0.310 e. The van der Waals surface area contributed by atoms with Crippen molar-refractivity contribution >= 4 is 38.5 Å². The first-order chi connectivity index (χ1) is 8.69. The zero-order valence-electron chi connectivity index (χ0n) is 10.9. The van der Waals surface area contributed by atoms with Gasteiger partial charge in [0.1, 0.15) is 0 Å². The van der Waals surface area contributed by atoms with E-state index in [4.69, 9.17) is 0 Å². The molecule has 0 heterocycles. The first-order valence-corrected chi connectivity index (χ1v) is 8.35. The highest BCUT2D eigenvalue weighted by atomic mass is 127. The van der Waals surface area contributed by atoms with Gasteiger partial charge in [0, 0.05) is 14.1 Å². The maximum absolute atomic E-state index is 3.79. The van der Waals surface area contributed by atoms with Crippen LogP contribution in [-0.4, -0.2) is 6.54 Å². The smallest absolute Gasteiger partial charge is 0.0331 e. The Labute approximate surface area is 133 Å². The van der Waals surface area contributed by atoms with E-state index in [2.05, 4.69) is 75.5 Å². The fraction of sp³-hybridized carbons (Fsp3) is 0.467. The first kappa shape index (κ1) is 16.2. The highest BCUT2D eigenvalue weighted by Crippen LogP contribution is 2.27. The van der Waals surface area contributed by atoms with Crippen molar-refractivity contribution in [1.29, 1.82) is 0 Å². The zero-order valence-corrected chi connectivity index (χ0v) is 14.6. The van der Waals surface area contributed by atoms with Crippen LogP contribution < -0.4 is 5.32 Å². The number of rotatable bonds is 8. The third-order valence-corrected chi connectivity index (χ3v) is 4.35. The number of unbranched alkanes of at least 4 members (excludes halogenated alkanes) is 1. The van der Waals surface area contributed by atoms with Gasteiger partial charge in [0.05, 0.1) is 0 Å². The number of halogens is 2. The molecule has 100 valence electrons. The number of hydrogen-bond donors (Lipinski definition) is 1. The Balaban J connectivity index is 2.78. The molecule has 0 aromatic heterocycles. The van der Waals surface area contributed by atoms with Crippen molar-refractivity contribution in [2.45, 2.75) is 38.6 Å². The standard InChI is InChI=1S/C15H21BrIN/c1-3-5-6-7-15(18-10-4-2)13-11-12(16)8-9-14(13)17/h3,8-9,11,15,18H,1,4-7,10H2,2H3. The molecular weight excluding hydrogens is 401 g/mol. The summed E-state index contributed by atoms with van der Waals surface area (Å²) < 4.78 is 2.49. The maximum Gasteiger partial charge on any atom is 0.0331 e. The van der Waals surface area contributed by atoms with Gasteiger partial charge in [-0.05, 0) is 78.6 Å². The van der Waals surface area contributed by atoms with Gasteiger partial charge in [0.25, 0.3) is 0 Å². The summed E-state index contributed by atoms with van der Waals surface area (Å²) in [4.78, 5) is 0. The topological polar surface area (TPSA) is 12.0 Å². The molecule has 1 aromatic rings. The highest BCUT2D eigenvalue weighted by Gasteiger charge is 2.13. The van der Waals surface area contributed by atoms with E-state index < -0.39 is 0 Å². The Morgan fingerprint density at radius 3 is 2.94 bits per heavy atom. The summed E-state index contributed by atoms with van der Waals surface area (Å²) in [5.74, 6) is 0. The van der Waals surface area contributed by atoms with Crippen LogP contribution >= 0.6 is 38.5 Å². The number of hydrogen-bond acceptors (Lipinski definition) is 1. The SMILES string of the molecule is C=CCCCC(NCCC)c1cc(Br)ccc1I. The van der Waals surface area contributed by atoms with Gasteiger partial charge in [-0.2, -0.15) is 0 Å². The van der Waals surface area contributed by atoms with Gasteiger partial charge in [-0.25, -0.2) is 0 Å². The Hall–Kier alpha value is 0.130. The van der Waals surface area contributed by atoms with Gasteiger partial charge in [-0.1, -0.05) is 28.9 Å². The lowest BCUT2D eigenvalue weighted by atomic mass is 10.0. The largest absolute Gasteiger partial charge is 0.310 e. The minimum absolute atomic E-state index is 0.453. The van der Waals surface area contributed by atoms with Gasteiger partial charge >= 0.3 is 0 Å². The molecule has 0 aliphatic carbocycles. The lowest BCUT2D eigenvalue weighted by Gasteiger charge is -2.20. The van der Waals surface area contributed by atoms with Crippen LogP contribution in [0.15, 0.2) is 35.3 Å². The molecule has 3 heteroatoms. The van der Waals surface area contributed by atoms with Crippen LogP contribution in [0.3, 0.4) is 0 Å². The van der Waals surface area contributed by atoms with E-state index in [1.165, 1.54) is 28.4 Å². The van der Waals surface area contributed by atoms with E-state index in [9.17, 15) is 0 Å². The van der Waals surface area contributed by atoms with E-state index in [0.717, 1.165) is 17.4 Å². The second-order valence-electron chi connectivity index (χ2n) is 4.39. The Bertz CT molecular complexity index is 379. The molecule has 0 aliphatic heterocycles. The quantitative estimate of drug-likeness (QED) is 0.334. The van der Waals surface area contributed by atoms with Crippen molar-refractivity contribution < 1.29 is 0 Å². The molecule has 0 saturated heterocycles. The van der Waals surface area contributed by atoms with Gasteiger partial charge in [-0.3, -0.25) is 0 Å². The summed E-state index contributed by atoms with van der Waals surface area (Å²) in [7, 11) is 0. The van der Waals surface area contributed by atoms with Crippen molar-refractivity contribution in [3.63, 3.8) is 0 Å². The fourth-order valence-electron chi connectivity index (χ4n) is 1.93. The lowest BCUT2D eigenvalue weighted by molar-refractivity contribution is 0.484. The molecule has 0 saturated carbocycles. The monoisotopic (exact) mass is 421 g/mol. The molecule has 1 unspecified atom stereocenters. The molecule has 0 amide bonds. The second kappa shape index (κ2) is 9.10. The van der Waals surface area contributed by atoms with E-state index >= 15 is 0 Å². The Morgan fingerprint density at radius 2 is 2.28 bits per heavy atom. The number of allylic oxidation sites excluding steroid dienone is 1. The summed E-state index contributed by atoms with van der Waals surface area (Å²) in [5, 5.41) is 3.65. The van der Waals surface area contributed by atoms with Crippen molar-refractivity contribution in [3.05, 3.63) is 44.5 Å². The van der Waals surface area contributed by atoms with Gasteiger partial charge in [0.2, 0.25) is 0 Å². The lowest BCUT2D eigenvalue weighted by Crippen LogP contribution is -2.23. The maximum atomic E-state index is 3.79. The van der Waals surface area contributed by atoms with Crippen molar-refractivity contribution in [3.8, 4) is 0 Å². The van der Waals surface area contributed by atoms with Crippen LogP contribution in [0, 0.1) is 3.57 Å². The highest BCUT2D eigenvalue weighted by molar-refractivity contribution is 14.1. The molecule has 1 aromatic carbocycles. The minimum atomic E-state index is 0.453. The van der Waals surface area contributed by atoms with E-state index in [-0.39, 0.29) is 0 Å². The molecule has 1 N–H and O–H groups in total. The molecule has 0 bridgehead atoms. The summed E-state index contributed by atoms with van der Waals surface area (Å²) in [6, 6.07) is 6.97. The van der Waals surface area contributed by atoms with E-state index in [1.54, 1.807) is 0 Å². The molecule has 0 fully saturated rings. The fourth-order valence-corrected chi connectivity index (χ4v) is 3.02. The Morgan fingerprint density at radius 1 is 1.50 bits per heavy atom. The molecule has 1 atom stereocenters. The zero-order chi connectivity index (χ0) is 13.4. The third kappa shape index (κ3) is 5.41. The van der Waals surface area contributed by atoms with Gasteiger partial charge in [-0.15, -0.1) is 6.58 Å². The number of nitrogens with one attached hydrogen (secondary N) is 1. The average molecular weight is 422 g/mol. The van der Waals surface area contributed by atoms with Crippen LogP contribution in [0.2, 0.25) is 0 Å². The molecule has 0 spiro atoms. The van der Waals surface area contributed by atoms with Crippen molar-refractivity contribution in [2.75, 3.05) is 6.54 Å². The van der Waals surface area contributed by atoms with Crippen LogP contribution in [0.4, 0.5) is 0 Å². The predicted molar refractivity (Wildman–Crippen MR) is 91.9 cm³/mol. The predicted octanol–water partition coefficient (Wildman–Crippen LogP) is 5.45. The summed E-state index contributed by atoms with van der Waals surface area (Å²) >= 11 is 5.99. The molecule has 1 rings (SSSR count).